The molecule has 1 atom stereocenters. The van der Waals surface area contributed by atoms with E-state index in [1.54, 1.807) is 0 Å². The number of aliphatic hydroxyl groups excluding tert-OH is 1. The van der Waals surface area contributed by atoms with Crippen molar-refractivity contribution in [1.82, 2.24) is 4.90 Å². The lowest BCUT2D eigenvalue weighted by Crippen LogP contribution is -2.36. The molecule has 78 valence electrons. The monoisotopic (exact) mass is 186 g/mol. The molecule has 1 unspecified atom stereocenters. The fourth-order valence-corrected chi connectivity index (χ4v) is 2.14. The van der Waals surface area contributed by atoms with E-state index in [4.69, 9.17) is 5.73 Å². The zero-order valence-electron chi connectivity index (χ0n) is 8.58. The molecule has 3 nitrogen and oxygen atoms in total. The highest BCUT2D eigenvalue weighted by atomic mass is 16.3. The van der Waals surface area contributed by atoms with Crippen LogP contribution in [0, 0.1) is 5.92 Å². The Bertz CT molecular complexity index is 135. The lowest BCUT2D eigenvalue weighted by molar-refractivity contribution is 0.124. The van der Waals surface area contributed by atoms with E-state index in [-0.39, 0.29) is 6.10 Å². The Morgan fingerprint density at radius 1 is 1.46 bits per heavy atom. The van der Waals surface area contributed by atoms with Crippen molar-refractivity contribution in [1.29, 1.82) is 0 Å². The van der Waals surface area contributed by atoms with Crippen molar-refractivity contribution in [3.8, 4) is 0 Å². The van der Waals surface area contributed by atoms with Gasteiger partial charge in [0.1, 0.15) is 0 Å². The maximum Gasteiger partial charge on any atom is 0.0788 e. The second-order valence-electron chi connectivity index (χ2n) is 4.26. The van der Waals surface area contributed by atoms with Crippen LogP contribution in [0.4, 0.5) is 0 Å². The Balaban J connectivity index is 2.12. The summed E-state index contributed by atoms with van der Waals surface area (Å²) in [6.45, 7) is 2.21. The van der Waals surface area contributed by atoms with Gasteiger partial charge < -0.3 is 15.7 Å². The van der Waals surface area contributed by atoms with Crippen LogP contribution in [-0.2, 0) is 0 Å². The standard InChI is InChI=1S/C10H22N2O/c1-12(8-10(13)6-11)7-9-4-2-3-5-9/h9-10,13H,2-8,11H2,1H3. The Hall–Kier alpha value is -0.120. The summed E-state index contributed by atoms with van der Waals surface area (Å²) in [5, 5.41) is 9.34. The number of hydrogen-bond acceptors (Lipinski definition) is 3. The number of nitrogens with two attached hydrogens (primary N) is 1. The van der Waals surface area contributed by atoms with Crippen LogP contribution < -0.4 is 5.73 Å². The van der Waals surface area contributed by atoms with Crippen LogP contribution in [0.15, 0.2) is 0 Å². The fraction of sp³-hybridized carbons (Fsp3) is 1.00. The highest BCUT2D eigenvalue weighted by molar-refractivity contribution is 4.71. The van der Waals surface area contributed by atoms with Crippen LogP contribution in [0.5, 0.6) is 0 Å². The summed E-state index contributed by atoms with van der Waals surface area (Å²) in [5.74, 6) is 0.856. The topological polar surface area (TPSA) is 49.5 Å². The van der Waals surface area contributed by atoms with E-state index in [1.807, 2.05) is 0 Å². The molecule has 1 aliphatic rings. The number of aliphatic hydroxyl groups is 1. The van der Waals surface area contributed by atoms with Gasteiger partial charge in [0.05, 0.1) is 6.10 Å². The van der Waals surface area contributed by atoms with Gasteiger partial charge in [-0.1, -0.05) is 12.8 Å². The highest BCUT2D eigenvalue weighted by Crippen LogP contribution is 2.24. The first-order valence-electron chi connectivity index (χ1n) is 5.29. The Labute approximate surface area is 80.9 Å². The zero-order valence-corrected chi connectivity index (χ0v) is 8.58. The van der Waals surface area contributed by atoms with Gasteiger partial charge in [0, 0.05) is 19.6 Å². The van der Waals surface area contributed by atoms with Crippen LogP contribution in [0.25, 0.3) is 0 Å². The summed E-state index contributed by atoms with van der Waals surface area (Å²) in [6.07, 6.45) is 5.15. The SMILES string of the molecule is CN(CC(O)CN)CC1CCCC1. The van der Waals surface area contributed by atoms with Crippen LogP contribution in [0.3, 0.4) is 0 Å². The Morgan fingerprint density at radius 3 is 2.62 bits per heavy atom. The number of rotatable bonds is 5. The summed E-state index contributed by atoms with van der Waals surface area (Å²) in [7, 11) is 2.07. The minimum Gasteiger partial charge on any atom is -0.390 e. The lowest BCUT2D eigenvalue weighted by Gasteiger charge is -2.22. The van der Waals surface area contributed by atoms with E-state index in [1.165, 1.54) is 25.7 Å². The van der Waals surface area contributed by atoms with Gasteiger partial charge in [-0.05, 0) is 25.8 Å². The first-order chi connectivity index (χ1) is 6.22. The van der Waals surface area contributed by atoms with Crippen LogP contribution in [0.2, 0.25) is 0 Å². The van der Waals surface area contributed by atoms with E-state index in [0.717, 1.165) is 12.5 Å². The summed E-state index contributed by atoms with van der Waals surface area (Å²) >= 11 is 0. The largest absolute Gasteiger partial charge is 0.390 e. The summed E-state index contributed by atoms with van der Waals surface area (Å²) in [6, 6.07) is 0. The lowest BCUT2D eigenvalue weighted by atomic mass is 10.1. The molecule has 13 heavy (non-hydrogen) atoms. The van der Waals surface area contributed by atoms with E-state index >= 15 is 0 Å². The summed E-state index contributed by atoms with van der Waals surface area (Å²) in [4.78, 5) is 2.20. The Morgan fingerprint density at radius 2 is 2.08 bits per heavy atom. The Kier molecular flexibility index (Phi) is 4.70. The smallest absolute Gasteiger partial charge is 0.0788 e. The van der Waals surface area contributed by atoms with Crippen molar-refractivity contribution >= 4 is 0 Å². The van der Waals surface area contributed by atoms with Gasteiger partial charge in [0.2, 0.25) is 0 Å². The summed E-state index contributed by atoms with van der Waals surface area (Å²) < 4.78 is 0. The molecule has 0 aromatic carbocycles. The van der Waals surface area contributed by atoms with Crippen molar-refractivity contribution in [2.75, 3.05) is 26.7 Å². The number of hydrogen-bond donors (Lipinski definition) is 2. The molecule has 1 saturated carbocycles. The van der Waals surface area contributed by atoms with E-state index in [2.05, 4.69) is 11.9 Å². The molecule has 1 fully saturated rings. The third-order valence-corrected chi connectivity index (χ3v) is 2.84. The normalized spacial score (nSPS) is 21.2. The summed E-state index contributed by atoms with van der Waals surface area (Å²) in [5.41, 5.74) is 5.35. The maximum absolute atomic E-state index is 9.34. The second kappa shape index (κ2) is 5.58. The van der Waals surface area contributed by atoms with Gasteiger partial charge >= 0.3 is 0 Å². The first kappa shape index (κ1) is 11.0. The number of likely N-dealkylation sites (N-methyl/N-ethyl adjacent to an activating group) is 1. The predicted molar refractivity (Wildman–Crippen MR) is 54.5 cm³/mol. The zero-order chi connectivity index (χ0) is 9.68. The molecule has 0 spiro atoms. The molecule has 0 aliphatic heterocycles. The van der Waals surface area contributed by atoms with Gasteiger partial charge in [0.25, 0.3) is 0 Å². The third kappa shape index (κ3) is 4.07. The van der Waals surface area contributed by atoms with Gasteiger partial charge in [-0.15, -0.1) is 0 Å². The van der Waals surface area contributed by atoms with Gasteiger partial charge in [0.15, 0.2) is 0 Å². The molecule has 0 bridgehead atoms. The third-order valence-electron chi connectivity index (χ3n) is 2.84. The molecular formula is C10H22N2O. The fourth-order valence-electron chi connectivity index (χ4n) is 2.14. The highest BCUT2D eigenvalue weighted by Gasteiger charge is 2.17. The molecular weight excluding hydrogens is 164 g/mol. The molecule has 0 aromatic rings. The van der Waals surface area contributed by atoms with Crippen LogP contribution >= 0.6 is 0 Å². The molecule has 1 aliphatic carbocycles. The van der Waals surface area contributed by atoms with E-state index in [0.29, 0.717) is 13.1 Å². The van der Waals surface area contributed by atoms with Gasteiger partial charge in [-0.2, -0.15) is 0 Å². The molecule has 1 rings (SSSR count). The maximum atomic E-state index is 9.34. The molecule has 3 N–H and O–H groups in total. The van der Waals surface area contributed by atoms with Crippen molar-refractivity contribution in [3.05, 3.63) is 0 Å². The average molecular weight is 186 g/mol. The molecule has 0 amide bonds. The van der Waals surface area contributed by atoms with Crippen molar-refractivity contribution in [3.63, 3.8) is 0 Å². The van der Waals surface area contributed by atoms with Crippen LogP contribution in [-0.4, -0.2) is 42.8 Å². The van der Waals surface area contributed by atoms with E-state index in [9.17, 15) is 5.11 Å². The minimum atomic E-state index is -0.355. The number of nitrogens with zero attached hydrogens (tertiary/aromatic N) is 1. The van der Waals surface area contributed by atoms with Crippen molar-refractivity contribution in [2.24, 2.45) is 11.7 Å². The molecule has 0 radical (unpaired) electrons. The minimum absolute atomic E-state index is 0.355. The van der Waals surface area contributed by atoms with Crippen molar-refractivity contribution < 1.29 is 5.11 Å². The average Bonchev–Trinajstić information content (AvgIpc) is 2.56. The van der Waals surface area contributed by atoms with Crippen LogP contribution in [0.1, 0.15) is 25.7 Å². The predicted octanol–water partition coefficient (Wildman–Crippen LogP) is 0.428. The molecule has 0 heterocycles. The molecule has 0 saturated heterocycles. The molecule has 3 heteroatoms. The quantitative estimate of drug-likeness (QED) is 0.654. The molecule has 0 aromatic heterocycles. The van der Waals surface area contributed by atoms with E-state index < -0.39 is 0 Å². The van der Waals surface area contributed by atoms with Gasteiger partial charge in [-0.25, -0.2) is 0 Å². The van der Waals surface area contributed by atoms with Gasteiger partial charge in [-0.3, -0.25) is 0 Å². The van der Waals surface area contributed by atoms with Crippen molar-refractivity contribution in [2.45, 2.75) is 31.8 Å². The first-order valence-corrected chi connectivity index (χ1v) is 5.29. The second-order valence-corrected chi connectivity index (χ2v) is 4.26.